The van der Waals surface area contributed by atoms with Crippen LogP contribution >= 0.6 is 0 Å². The molecule has 0 unspecified atom stereocenters. The molecule has 0 amide bonds. The average Bonchev–Trinajstić information content (AvgIpc) is 3.18. The van der Waals surface area contributed by atoms with Crippen LogP contribution in [0.2, 0.25) is 0 Å². The first-order valence-electron chi connectivity index (χ1n) is 9.89. The lowest BCUT2D eigenvalue weighted by Gasteiger charge is -2.26. The highest BCUT2D eigenvalue weighted by Gasteiger charge is 2.39. The molecule has 7 heteroatoms. The van der Waals surface area contributed by atoms with Crippen molar-refractivity contribution in [1.82, 2.24) is 4.72 Å². The molecule has 6 nitrogen and oxygen atoms in total. The second-order valence-corrected chi connectivity index (χ2v) is 10.1. The van der Waals surface area contributed by atoms with Crippen LogP contribution in [0, 0.1) is 13.8 Å². The van der Waals surface area contributed by atoms with E-state index >= 15 is 0 Å². The Kier molecular flexibility index (Phi) is 4.80. The fourth-order valence-corrected chi connectivity index (χ4v) is 5.95. The van der Waals surface area contributed by atoms with Gasteiger partial charge in [0.2, 0.25) is 10.0 Å². The summed E-state index contributed by atoms with van der Waals surface area (Å²) in [4.78, 5) is 4.53. The fourth-order valence-electron chi connectivity index (χ4n) is 4.49. The molecule has 0 saturated heterocycles. The molecule has 2 aromatic rings. The Labute approximate surface area is 171 Å². The predicted molar refractivity (Wildman–Crippen MR) is 114 cm³/mol. The van der Waals surface area contributed by atoms with E-state index in [0.717, 1.165) is 39.8 Å². The van der Waals surface area contributed by atoms with Crippen molar-refractivity contribution in [3.8, 4) is 11.1 Å². The summed E-state index contributed by atoms with van der Waals surface area (Å²) in [6, 6.07) is 8.77. The van der Waals surface area contributed by atoms with Crippen molar-refractivity contribution in [3.05, 3.63) is 52.6 Å². The number of nitrogens with zero attached hydrogens (tertiary/aromatic N) is 1. The number of nitrogens with two attached hydrogens (primary N) is 1. The maximum Gasteiger partial charge on any atom is 0.240 e. The molecule has 4 N–H and O–H groups in total. The molecular formula is C22H27N3O3S. The number of amidine groups is 1. The monoisotopic (exact) mass is 413 g/mol. The Balaban J connectivity index is 1.67. The van der Waals surface area contributed by atoms with E-state index in [0.29, 0.717) is 25.2 Å². The maximum atomic E-state index is 12.9. The van der Waals surface area contributed by atoms with Gasteiger partial charge in [0.1, 0.15) is 5.84 Å². The SMILES string of the molecule is Cc1cc(S(=O)(=O)N[C@H]2CCC[C@]2(C)O)ccc1-c1ccc2c(c1C)C(N)=NC2. The minimum atomic E-state index is -3.71. The van der Waals surface area contributed by atoms with Crippen LogP contribution in [0.25, 0.3) is 11.1 Å². The van der Waals surface area contributed by atoms with E-state index < -0.39 is 21.7 Å². The maximum absolute atomic E-state index is 12.9. The van der Waals surface area contributed by atoms with E-state index in [1.54, 1.807) is 19.1 Å². The molecule has 1 fully saturated rings. The zero-order valence-corrected chi connectivity index (χ0v) is 17.8. The summed E-state index contributed by atoms with van der Waals surface area (Å²) < 4.78 is 28.5. The third kappa shape index (κ3) is 3.47. The first-order valence-corrected chi connectivity index (χ1v) is 11.4. The molecule has 0 spiro atoms. The summed E-state index contributed by atoms with van der Waals surface area (Å²) in [6.45, 7) is 6.22. The van der Waals surface area contributed by atoms with Gasteiger partial charge in [0.25, 0.3) is 0 Å². The number of hydrogen-bond acceptors (Lipinski definition) is 5. The Morgan fingerprint density at radius 3 is 2.59 bits per heavy atom. The highest BCUT2D eigenvalue weighted by Crippen LogP contribution is 2.34. The number of fused-ring (bicyclic) bond motifs is 1. The van der Waals surface area contributed by atoms with Crippen LogP contribution in [0.15, 0.2) is 40.2 Å². The van der Waals surface area contributed by atoms with E-state index in [2.05, 4.69) is 9.71 Å². The van der Waals surface area contributed by atoms with Crippen molar-refractivity contribution < 1.29 is 13.5 Å². The minimum Gasteiger partial charge on any atom is -0.389 e. The number of sulfonamides is 1. The molecule has 2 atom stereocenters. The van der Waals surface area contributed by atoms with Crippen molar-refractivity contribution >= 4 is 15.9 Å². The fraction of sp³-hybridized carbons (Fsp3) is 0.409. The molecule has 0 bridgehead atoms. The number of rotatable bonds is 4. The molecule has 4 rings (SSSR count). The first-order chi connectivity index (χ1) is 13.6. The van der Waals surface area contributed by atoms with Crippen LogP contribution < -0.4 is 10.5 Å². The van der Waals surface area contributed by atoms with Gasteiger partial charge in [-0.05, 0) is 80.0 Å². The lowest BCUT2D eigenvalue weighted by atomic mass is 9.91. The zero-order valence-electron chi connectivity index (χ0n) is 17.0. The van der Waals surface area contributed by atoms with Gasteiger partial charge < -0.3 is 10.8 Å². The average molecular weight is 414 g/mol. The second-order valence-electron chi connectivity index (χ2n) is 8.37. The number of nitrogens with one attached hydrogen (secondary N) is 1. The van der Waals surface area contributed by atoms with E-state index in [1.165, 1.54) is 0 Å². The van der Waals surface area contributed by atoms with Gasteiger partial charge in [0, 0.05) is 5.56 Å². The zero-order chi connectivity index (χ0) is 21.0. The molecule has 1 saturated carbocycles. The van der Waals surface area contributed by atoms with Crippen LogP contribution in [0.1, 0.15) is 48.4 Å². The number of aryl methyl sites for hydroxylation is 1. The molecule has 1 aliphatic heterocycles. The molecule has 29 heavy (non-hydrogen) atoms. The Morgan fingerprint density at radius 1 is 1.21 bits per heavy atom. The van der Waals surface area contributed by atoms with Crippen molar-refractivity contribution in [2.24, 2.45) is 10.7 Å². The minimum absolute atomic E-state index is 0.210. The van der Waals surface area contributed by atoms with Crippen LogP contribution in [-0.4, -0.2) is 31.0 Å². The van der Waals surface area contributed by atoms with Crippen molar-refractivity contribution in [3.63, 3.8) is 0 Å². The Hall–Kier alpha value is -2.22. The van der Waals surface area contributed by atoms with Gasteiger partial charge in [-0.25, -0.2) is 13.1 Å². The Bertz CT molecular complexity index is 1120. The highest BCUT2D eigenvalue weighted by molar-refractivity contribution is 7.89. The number of aliphatic hydroxyl groups is 1. The summed E-state index contributed by atoms with van der Waals surface area (Å²) in [5.41, 5.74) is 11.1. The molecule has 2 aromatic carbocycles. The number of hydrogen-bond donors (Lipinski definition) is 3. The molecule has 1 heterocycles. The summed E-state index contributed by atoms with van der Waals surface area (Å²) in [5.74, 6) is 0.559. The molecule has 1 aliphatic carbocycles. The lowest BCUT2D eigenvalue weighted by Crippen LogP contribution is -2.47. The van der Waals surface area contributed by atoms with Crippen molar-refractivity contribution in [1.29, 1.82) is 0 Å². The summed E-state index contributed by atoms with van der Waals surface area (Å²) in [6.07, 6.45) is 2.05. The van der Waals surface area contributed by atoms with E-state index in [-0.39, 0.29) is 4.90 Å². The van der Waals surface area contributed by atoms with E-state index in [1.807, 2.05) is 32.0 Å². The van der Waals surface area contributed by atoms with Crippen LogP contribution in [0.3, 0.4) is 0 Å². The van der Waals surface area contributed by atoms with Crippen LogP contribution in [-0.2, 0) is 16.6 Å². The van der Waals surface area contributed by atoms with Crippen LogP contribution in [0.5, 0.6) is 0 Å². The standard InChI is InChI=1S/C22H27N3O3S/c1-13-11-16(29(27,28)25-19-5-4-10-22(19,3)26)7-9-17(13)18-8-6-15-12-24-21(23)20(15)14(18)2/h6-9,11,19,25-26H,4-5,10,12H2,1-3H3,(H2,23,24)/t19-,22-/m0/s1. The van der Waals surface area contributed by atoms with Crippen LogP contribution in [0.4, 0.5) is 0 Å². The molecule has 154 valence electrons. The third-order valence-electron chi connectivity index (χ3n) is 6.25. The summed E-state index contributed by atoms with van der Waals surface area (Å²) >= 11 is 0. The van der Waals surface area contributed by atoms with Gasteiger partial charge in [-0.15, -0.1) is 0 Å². The van der Waals surface area contributed by atoms with Gasteiger partial charge in [-0.1, -0.05) is 18.2 Å². The Morgan fingerprint density at radius 2 is 1.93 bits per heavy atom. The topological polar surface area (TPSA) is 105 Å². The largest absolute Gasteiger partial charge is 0.389 e. The summed E-state index contributed by atoms with van der Waals surface area (Å²) in [7, 11) is -3.71. The number of aliphatic imine (C=N–C) groups is 1. The van der Waals surface area contributed by atoms with Gasteiger partial charge in [-0.2, -0.15) is 0 Å². The highest BCUT2D eigenvalue weighted by atomic mass is 32.2. The predicted octanol–water partition coefficient (Wildman–Crippen LogP) is 2.77. The molecule has 0 aromatic heterocycles. The lowest BCUT2D eigenvalue weighted by molar-refractivity contribution is 0.0466. The van der Waals surface area contributed by atoms with Crippen molar-refractivity contribution in [2.45, 2.75) is 63.1 Å². The van der Waals surface area contributed by atoms with E-state index in [4.69, 9.17) is 5.73 Å². The first kappa shape index (κ1) is 20.1. The van der Waals surface area contributed by atoms with Gasteiger partial charge >= 0.3 is 0 Å². The normalized spacial score (nSPS) is 23.9. The second kappa shape index (κ2) is 6.93. The van der Waals surface area contributed by atoms with Gasteiger partial charge in [0.05, 0.1) is 23.1 Å². The van der Waals surface area contributed by atoms with E-state index in [9.17, 15) is 13.5 Å². The molecule has 0 radical (unpaired) electrons. The third-order valence-corrected chi connectivity index (χ3v) is 7.72. The van der Waals surface area contributed by atoms with Gasteiger partial charge in [-0.3, -0.25) is 4.99 Å². The smallest absolute Gasteiger partial charge is 0.240 e. The molecular weight excluding hydrogens is 386 g/mol. The quantitative estimate of drug-likeness (QED) is 0.717. The summed E-state index contributed by atoms with van der Waals surface area (Å²) in [5, 5.41) is 10.4. The van der Waals surface area contributed by atoms with Gasteiger partial charge in [0.15, 0.2) is 0 Å². The molecule has 2 aliphatic rings. The van der Waals surface area contributed by atoms with Crippen molar-refractivity contribution in [2.75, 3.05) is 0 Å². The number of benzene rings is 2.